The first kappa shape index (κ1) is 9.64. The highest BCUT2D eigenvalue weighted by Crippen LogP contribution is 2.20. The molecule has 78 valence electrons. The minimum Gasteiger partial charge on any atom is -0.357 e. The minimum absolute atomic E-state index is 0.744. The number of aryl methyl sites for hydroxylation is 1. The highest BCUT2D eigenvalue weighted by atomic mass is 15.3. The van der Waals surface area contributed by atoms with Crippen molar-refractivity contribution in [1.82, 2.24) is 19.7 Å². The van der Waals surface area contributed by atoms with Crippen LogP contribution in [0.5, 0.6) is 0 Å². The SMILES string of the molecule is CNc1nnc(-c2cccnc2C)n1C. The molecule has 0 amide bonds. The summed E-state index contributed by atoms with van der Waals surface area (Å²) in [6.07, 6.45) is 1.77. The number of hydrogen-bond acceptors (Lipinski definition) is 4. The summed E-state index contributed by atoms with van der Waals surface area (Å²) < 4.78 is 1.91. The molecule has 15 heavy (non-hydrogen) atoms. The number of rotatable bonds is 2. The van der Waals surface area contributed by atoms with Crippen molar-refractivity contribution < 1.29 is 0 Å². The number of nitrogens with one attached hydrogen (secondary N) is 1. The molecule has 0 saturated carbocycles. The van der Waals surface area contributed by atoms with E-state index in [4.69, 9.17) is 0 Å². The zero-order chi connectivity index (χ0) is 10.8. The number of hydrogen-bond donors (Lipinski definition) is 1. The number of aromatic nitrogens is 4. The van der Waals surface area contributed by atoms with Gasteiger partial charge in [-0.1, -0.05) is 0 Å². The first-order valence-electron chi connectivity index (χ1n) is 4.73. The molecule has 0 saturated heterocycles. The van der Waals surface area contributed by atoms with Crippen molar-refractivity contribution in [3.05, 3.63) is 24.0 Å². The van der Waals surface area contributed by atoms with Gasteiger partial charge in [-0.3, -0.25) is 9.55 Å². The highest BCUT2D eigenvalue weighted by molar-refractivity contribution is 5.59. The van der Waals surface area contributed by atoms with E-state index in [1.54, 1.807) is 6.20 Å². The Morgan fingerprint density at radius 2 is 2.13 bits per heavy atom. The van der Waals surface area contributed by atoms with Gasteiger partial charge >= 0.3 is 0 Å². The third-order valence-electron chi connectivity index (χ3n) is 2.35. The lowest BCUT2D eigenvalue weighted by Crippen LogP contribution is -2.00. The summed E-state index contributed by atoms with van der Waals surface area (Å²) in [6, 6.07) is 3.89. The van der Waals surface area contributed by atoms with Crippen LogP contribution in [0, 0.1) is 6.92 Å². The first-order chi connectivity index (χ1) is 7.24. The molecule has 5 nitrogen and oxygen atoms in total. The molecule has 0 atom stereocenters. The van der Waals surface area contributed by atoms with Crippen molar-refractivity contribution in [3.8, 4) is 11.4 Å². The van der Waals surface area contributed by atoms with E-state index in [9.17, 15) is 0 Å². The van der Waals surface area contributed by atoms with Crippen LogP contribution in [0.15, 0.2) is 18.3 Å². The molecule has 0 bridgehead atoms. The van der Waals surface area contributed by atoms with Gasteiger partial charge in [-0.15, -0.1) is 10.2 Å². The lowest BCUT2D eigenvalue weighted by molar-refractivity contribution is 0.921. The second kappa shape index (κ2) is 3.68. The lowest BCUT2D eigenvalue weighted by Gasteiger charge is -2.04. The summed E-state index contributed by atoms with van der Waals surface area (Å²) in [5, 5.41) is 11.1. The van der Waals surface area contributed by atoms with E-state index in [0.29, 0.717) is 0 Å². The van der Waals surface area contributed by atoms with Gasteiger partial charge in [0, 0.05) is 31.5 Å². The molecular formula is C10H13N5. The van der Waals surface area contributed by atoms with Gasteiger partial charge in [-0.05, 0) is 19.1 Å². The molecule has 0 aliphatic rings. The van der Waals surface area contributed by atoms with Gasteiger partial charge in [0.2, 0.25) is 5.95 Å². The van der Waals surface area contributed by atoms with Crippen molar-refractivity contribution in [3.63, 3.8) is 0 Å². The Morgan fingerprint density at radius 3 is 2.73 bits per heavy atom. The first-order valence-corrected chi connectivity index (χ1v) is 4.73. The molecule has 0 spiro atoms. The molecule has 0 unspecified atom stereocenters. The summed E-state index contributed by atoms with van der Waals surface area (Å²) in [5.41, 5.74) is 1.96. The zero-order valence-electron chi connectivity index (χ0n) is 9.02. The maximum absolute atomic E-state index is 4.23. The van der Waals surface area contributed by atoms with Gasteiger partial charge < -0.3 is 5.32 Å². The van der Waals surface area contributed by atoms with Crippen LogP contribution in [0.4, 0.5) is 5.95 Å². The van der Waals surface area contributed by atoms with Crippen LogP contribution in [0.3, 0.4) is 0 Å². The van der Waals surface area contributed by atoms with Crippen molar-refractivity contribution in [2.75, 3.05) is 12.4 Å². The fourth-order valence-electron chi connectivity index (χ4n) is 1.50. The molecule has 1 N–H and O–H groups in total. The second-order valence-electron chi connectivity index (χ2n) is 3.29. The average Bonchev–Trinajstić information content (AvgIpc) is 2.60. The molecule has 0 fully saturated rings. The van der Waals surface area contributed by atoms with Gasteiger partial charge in [-0.25, -0.2) is 0 Å². The van der Waals surface area contributed by atoms with Crippen LogP contribution in [0.1, 0.15) is 5.69 Å². The highest BCUT2D eigenvalue weighted by Gasteiger charge is 2.11. The van der Waals surface area contributed by atoms with Crippen molar-refractivity contribution in [1.29, 1.82) is 0 Å². The van der Waals surface area contributed by atoms with Gasteiger partial charge in [-0.2, -0.15) is 0 Å². The van der Waals surface area contributed by atoms with Crippen molar-refractivity contribution >= 4 is 5.95 Å². The Hall–Kier alpha value is -1.91. The molecule has 2 aromatic rings. The van der Waals surface area contributed by atoms with Crippen molar-refractivity contribution in [2.45, 2.75) is 6.92 Å². The Kier molecular flexibility index (Phi) is 2.37. The summed E-state index contributed by atoms with van der Waals surface area (Å²) in [5.74, 6) is 1.57. The number of anilines is 1. The molecule has 5 heteroatoms. The maximum Gasteiger partial charge on any atom is 0.224 e. The second-order valence-corrected chi connectivity index (χ2v) is 3.29. The molecule has 2 rings (SSSR count). The smallest absolute Gasteiger partial charge is 0.224 e. The van der Waals surface area contributed by atoms with E-state index < -0.39 is 0 Å². The monoisotopic (exact) mass is 203 g/mol. The quantitative estimate of drug-likeness (QED) is 0.797. The van der Waals surface area contributed by atoms with Crippen LogP contribution in [-0.4, -0.2) is 26.8 Å². The Labute approximate surface area is 88.2 Å². The largest absolute Gasteiger partial charge is 0.357 e. The van der Waals surface area contributed by atoms with Gasteiger partial charge in [0.25, 0.3) is 0 Å². The standard InChI is InChI=1S/C10H13N5/c1-7-8(5-4-6-12-7)9-13-14-10(11-2)15(9)3/h4-6H,1-3H3,(H,11,14). The van der Waals surface area contributed by atoms with E-state index in [1.165, 1.54) is 0 Å². The summed E-state index contributed by atoms with van der Waals surface area (Å²) in [7, 11) is 3.75. The van der Waals surface area contributed by atoms with E-state index in [-0.39, 0.29) is 0 Å². The number of pyridine rings is 1. The molecular weight excluding hydrogens is 190 g/mol. The van der Waals surface area contributed by atoms with Crippen LogP contribution in [-0.2, 0) is 7.05 Å². The van der Waals surface area contributed by atoms with E-state index >= 15 is 0 Å². The fraction of sp³-hybridized carbons (Fsp3) is 0.300. The van der Waals surface area contributed by atoms with Crippen LogP contribution < -0.4 is 5.32 Å². The normalized spacial score (nSPS) is 10.3. The maximum atomic E-state index is 4.23. The summed E-state index contributed by atoms with van der Waals surface area (Å²) >= 11 is 0. The molecule has 0 aromatic carbocycles. The molecule has 0 aliphatic heterocycles. The third-order valence-corrected chi connectivity index (χ3v) is 2.35. The van der Waals surface area contributed by atoms with Crippen LogP contribution in [0.25, 0.3) is 11.4 Å². The zero-order valence-corrected chi connectivity index (χ0v) is 9.02. The Balaban J connectivity index is 2.55. The molecule has 0 radical (unpaired) electrons. The summed E-state index contributed by atoms with van der Waals surface area (Å²) in [6.45, 7) is 1.96. The van der Waals surface area contributed by atoms with E-state index in [0.717, 1.165) is 23.0 Å². The Bertz CT molecular complexity index is 474. The Morgan fingerprint density at radius 1 is 1.33 bits per heavy atom. The lowest BCUT2D eigenvalue weighted by atomic mass is 10.2. The topological polar surface area (TPSA) is 55.6 Å². The molecule has 0 aliphatic carbocycles. The van der Waals surface area contributed by atoms with Crippen LogP contribution in [0.2, 0.25) is 0 Å². The van der Waals surface area contributed by atoms with Crippen LogP contribution >= 0.6 is 0 Å². The van der Waals surface area contributed by atoms with E-state index in [1.807, 2.05) is 37.7 Å². The molecule has 2 heterocycles. The number of nitrogens with zero attached hydrogens (tertiary/aromatic N) is 4. The average molecular weight is 203 g/mol. The summed E-state index contributed by atoms with van der Waals surface area (Å²) in [4.78, 5) is 4.23. The van der Waals surface area contributed by atoms with Gasteiger partial charge in [0.05, 0.1) is 0 Å². The minimum atomic E-state index is 0.744. The predicted octanol–water partition coefficient (Wildman–Crippen LogP) is 1.23. The van der Waals surface area contributed by atoms with Gasteiger partial charge in [0.15, 0.2) is 5.82 Å². The van der Waals surface area contributed by atoms with E-state index in [2.05, 4.69) is 20.5 Å². The molecule has 2 aromatic heterocycles. The fourth-order valence-corrected chi connectivity index (χ4v) is 1.50. The van der Waals surface area contributed by atoms with Crippen molar-refractivity contribution in [2.24, 2.45) is 7.05 Å². The predicted molar refractivity (Wildman–Crippen MR) is 58.5 cm³/mol. The third kappa shape index (κ3) is 1.56. The van der Waals surface area contributed by atoms with Gasteiger partial charge in [0.1, 0.15) is 0 Å².